The highest BCUT2D eigenvalue weighted by molar-refractivity contribution is 7.89. The number of benzene rings is 2. The summed E-state index contributed by atoms with van der Waals surface area (Å²) in [6, 6.07) is 14.2. The summed E-state index contributed by atoms with van der Waals surface area (Å²) in [5.74, 6) is 1.01. The first-order chi connectivity index (χ1) is 16.8. The molecule has 2 aliphatic rings. The van der Waals surface area contributed by atoms with Crippen LogP contribution < -0.4 is 4.72 Å². The molecule has 1 N–H and O–H groups in total. The Hall–Kier alpha value is -3.30. The topological polar surface area (TPSA) is 105 Å². The molecule has 0 saturated heterocycles. The van der Waals surface area contributed by atoms with Crippen LogP contribution in [0.4, 0.5) is 0 Å². The number of carbonyl (C=O) groups is 1. The van der Waals surface area contributed by atoms with Crippen molar-refractivity contribution in [3.05, 3.63) is 71.6 Å². The lowest BCUT2D eigenvalue weighted by Gasteiger charge is -2.29. The minimum atomic E-state index is -3.95. The van der Waals surface area contributed by atoms with Crippen molar-refractivity contribution in [3.63, 3.8) is 0 Å². The molecule has 35 heavy (non-hydrogen) atoms. The SMILES string of the molecule is Cc1ccc(-c2noc(C3CC3)n2)cc1S(=O)(=O)N[C@@H](C)C(=O)N1CC=C(c2ccccc2)CC1. The van der Waals surface area contributed by atoms with E-state index in [4.69, 9.17) is 4.52 Å². The van der Waals surface area contributed by atoms with Crippen molar-refractivity contribution in [3.8, 4) is 11.4 Å². The maximum atomic E-state index is 13.2. The van der Waals surface area contributed by atoms with E-state index in [1.165, 1.54) is 11.6 Å². The number of nitrogens with one attached hydrogen (secondary N) is 1. The molecule has 8 nitrogen and oxygen atoms in total. The summed E-state index contributed by atoms with van der Waals surface area (Å²) in [6.07, 6.45) is 4.83. The zero-order valence-corrected chi connectivity index (χ0v) is 20.6. The van der Waals surface area contributed by atoms with Gasteiger partial charge in [-0.25, -0.2) is 8.42 Å². The molecule has 5 rings (SSSR count). The highest BCUT2D eigenvalue weighted by atomic mass is 32.2. The van der Waals surface area contributed by atoms with Gasteiger partial charge in [0.1, 0.15) is 0 Å². The molecule has 3 aromatic rings. The van der Waals surface area contributed by atoms with Crippen LogP contribution in [0.1, 0.15) is 49.1 Å². The smallest absolute Gasteiger partial charge is 0.241 e. The number of hydrogen-bond donors (Lipinski definition) is 1. The van der Waals surface area contributed by atoms with Gasteiger partial charge >= 0.3 is 0 Å². The van der Waals surface area contributed by atoms with Crippen LogP contribution in [0.25, 0.3) is 17.0 Å². The molecule has 0 bridgehead atoms. The molecule has 0 radical (unpaired) electrons. The van der Waals surface area contributed by atoms with Gasteiger partial charge in [-0.05, 0) is 55.9 Å². The normalized spacial score (nSPS) is 17.2. The highest BCUT2D eigenvalue weighted by Gasteiger charge is 2.31. The first-order valence-corrected chi connectivity index (χ1v) is 13.3. The number of aromatic nitrogens is 2. The molecule has 1 amide bonds. The molecule has 1 atom stereocenters. The molecule has 1 aliphatic heterocycles. The Balaban J connectivity index is 1.28. The Bertz CT molecular complexity index is 1380. The van der Waals surface area contributed by atoms with Crippen LogP contribution in [0.2, 0.25) is 0 Å². The second-order valence-corrected chi connectivity index (χ2v) is 10.9. The fourth-order valence-corrected chi connectivity index (χ4v) is 5.75. The van der Waals surface area contributed by atoms with Gasteiger partial charge in [0.15, 0.2) is 0 Å². The minimum Gasteiger partial charge on any atom is -0.339 e. The molecule has 0 spiro atoms. The van der Waals surface area contributed by atoms with Crippen LogP contribution in [0.15, 0.2) is 64.0 Å². The van der Waals surface area contributed by atoms with E-state index in [2.05, 4.69) is 27.0 Å². The largest absolute Gasteiger partial charge is 0.339 e. The van der Waals surface area contributed by atoms with Crippen molar-refractivity contribution in [1.82, 2.24) is 19.8 Å². The quantitative estimate of drug-likeness (QED) is 0.536. The molecule has 2 heterocycles. The third-order valence-electron chi connectivity index (χ3n) is 6.47. The van der Waals surface area contributed by atoms with Gasteiger partial charge in [-0.3, -0.25) is 4.79 Å². The molecule has 1 saturated carbocycles. The summed E-state index contributed by atoms with van der Waals surface area (Å²) in [7, 11) is -3.95. The molecule has 1 aromatic heterocycles. The molecule has 1 fully saturated rings. The van der Waals surface area contributed by atoms with Crippen molar-refractivity contribution in [2.24, 2.45) is 0 Å². The predicted molar refractivity (Wildman–Crippen MR) is 132 cm³/mol. The maximum Gasteiger partial charge on any atom is 0.241 e. The zero-order valence-electron chi connectivity index (χ0n) is 19.8. The van der Waals surface area contributed by atoms with Crippen molar-refractivity contribution < 1.29 is 17.7 Å². The van der Waals surface area contributed by atoms with E-state index in [0.717, 1.165) is 24.8 Å². The van der Waals surface area contributed by atoms with Crippen LogP contribution in [-0.2, 0) is 14.8 Å². The van der Waals surface area contributed by atoms with Crippen molar-refractivity contribution in [2.75, 3.05) is 13.1 Å². The Labute approximate surface area is 205 Å². The summed E-state index contributed by atoms with van der Waals surface area (Å²) in [4.78, 5) is 19.2. The molecule has 1 aliphatic carbocycles. The summed E-state index contributed by atoms with van der Waals surface area (Å²) >= 11 is 0. The predicted octanol–water partition coefficient (Wildman–Crippen LogP) is 3.91. The first-order valence-electron chi connectivity index (χ1n) is 11.8. The zero-order chi connectivity index (χ0) is 24.6. The number of carbonyl (C=O) groups excluding carboxylic acids is 1. The fraction of sp³-hybridized carbons (Fsp3) is 0.346. The Kier molecular flexibility index (Phi) is 6.29. The highest BCUT2D eigenvalue weighted by Crippen LogP contribution is 2.39. The lowest BCUT2D eigenvalue weighted by atomic mass is 9.99. The van der Waals surface area contributed by atoms with Crippen LogP contribution >= 0.6 is 0 Å². The number of amides is 1. The number of nitrogens with zero attached hydrogens (tertiary/aromatic N) is 3. The van der Waals surface area contributed by atoms with Gasteiger partial charge in [0.2, 0.25) is 27.6 Å². The summed E-state index contributed by atoms with van der Waals surface area (Å²) in [5.41, 5.74) is 3.47. The van der Waals surface area contributed by atoms with E-state index in [1.54, 1.807) is 30.9 Å². The number of sulfonamides is 1. The average Bonchev–Trinajstić information content (AvgIpc) is 3.60. The van der Waals surface area contributed by atoms with Crippen molar-refractivity contribution >= 4 is 21.5 Å². The third-order valence-corrected chi connectivity index (χ3v) is 8.15. The van der Waals surface area contributed by atoms with Gasteiger partial charge < -0.3 is 9.42 Å². The standard InChI is InChI=1S/C26H28N4O4S/c1-17-8-9-22(24-27-25(34-28-24)21-10-11-21)16-23(17)35(32,33)29-18(2)26(31)30-14-12-20(13-15-30)19-6-4-3-5-7-19/h3-9,12,16,18,21,29H,10-11,13-15H2,1-2H3/t18-/m0/s1. The molecule has 182 valence electrons. The van der Waals surface area contributed by atoms with Crippen LogP contribution in [0.5, 0.6) is 0 Å². The Morgan fingerprint density at radius 1 is 1.14 bits per heavy atom. The van der Waals surface area contributed by atoms with Gasteiger partial charge in [0.25, 0.3) is 0 Å². The van der Waals surface area contributed by atoms with Gasteiger partial charge in [0, 0.05) is 24.6 Å². The molecule has 2 aromatic carbocycles. The van der Waals surface area contributed by atoms with E-state index in [0.29, 0.717) is 41.8 Å². The van der Waals surface area contributed by atoms with E-state index < -0.39 is 16.1 Å². The van der Waals surface area contributed by atoms with E-state index in [9.17, 15) is 13.2 Å². The molecular formula is C26H28N4O4S. The van der Waals surface area contributed by atoms with E-state index in [-0.39, 0.29) is 10.8 Å². The van der Waals surface area contributed by atoms with Gasteiger partial charge in [-0.2, -0.15) is 9.71 Å². The monoisotopic (exact) mass is 492 g/mol. The summed E-state index contributed by atoms with van der Waals surface area (Å²) < 4.78 is 34.4. The summed E-state index contributed by atoms with van der Waals surface area (Å²) in [5, 5.41) is 4.01. The fourth-order valence-electron chi connectivity index (χ4n) is 4.28. The number of hydrogen-bond acceptors (Lipinski definition) is 6. The van der Waals surface area contributed by atoms with Crippen LogP contribution in [0.3, 0.4) is 0 Å². The van der Waals surface area contributed by atoms with Gasteiger partial charge in [-0.1, -0.05) is 53.7 Å². The summed E-state index contributed by atoms with van der Waals surface area (Å²) in [6.45, 7) is 4.29. The maximum absolute atomic E-state index is 13.2. The first kappa shape index (κ1) is 23.4. The van der Waals surface area contributed by atoms with Crippen molar-refractivity contribution in [1.29, 1.82) is 0 Å². The second-order valence-electron chi connectivity index (χ2n) is 9.18. The second kappa shape index (κ2) is 9.39. The molecule has 0 unspecified atom stereocenters. The van der Waals surface area contributed by atoms with Crippen LogP contribution in [0, 0.1) is 6.92 Å². The average molecular weight is 493 g/mol. The number of rotatable bonds is 7. The Morgan fingerprint density at radius 2 is 1.91 bits per heavy atom. The van der Waals surface area contributed by atoms with Crippen LogP contribution in [-0.4, -0.2) is 48.5 Å². The molecule has 9 heteroatoms. The minimum absolute atomic E-state index is 0.0947. The molecular weight excluding hydrogens is 464 g/mol. The lowest BCUT2D eigenvalue weighted by molar-refractivity contribution is -0.132. The van der Waals surface area contributed by atoms with Crippen molar-refractivity contribution in [2.45, 2.75) is 50.0 Å². The lowest BCUT2D eigenvalue weighted by Crippen LogP contribution is -2.48. The van der Waals surface area contributed by atoms with E-state index >= 15 is 0 Å². The third kappa shape index (κ3) is 5.06. The Morgan fingerprint density at radius 3 is 2.60 bits per heavy atom. The van der Waals surface area contributed by atoms with Gasteiger partial charge in [-0.15, -0.1) is 0 Å². The van der Waals surface area contributed by atoms with E-state index in [1.807, 2.05) is 24.3 Å². The van der Waals surface area contributed by atoms with Gasteiger partial charge in [0.05, 0.1) is 10.9 Å². The number of aryl methyl sites for hydroxylation is 1.